The molecule has 4 rings (SSSR count). The minimum atomic E-state index is 0.137. The molecule has 1 aliphatic rings. The van der Waals surface area contributed by atoms with Crippen LogP contribution in [0.2, 0.25) is 5.02 Å². The Morgan fingerprint density at radius 3 is 2.03 bits per heavy atom. The fourth-order valence-corrected chi connectivity index (χ4v) is 4.20. The van der Waals surface area contributed by atoms with Gasteiger partial charge in [-0.3, -0.25) is 9.69 Å². The first-order valence-electron chi connectivity index (χ1n) is 12.7. The van der Waals surface area contributed by atoms with E-state index in [1.807, 2.05) is 61.5 Å². The maximum absolute atomic E-state index is 10.9. The summed E-state index contributed by atoms with van der Waals surface area (Å²) < 4.78 is 4.97. The molecule has 1 fully saturated rings. The maximum atomic E-state index is 10.9. The van der Waals surface area contributed by atoms with Gasteiger partial charge in [-0.1, -0.05) is 85.1 Å². The molecule has 0 atom stereocenters. The molecule has 3 aromatic rings. The first-order chi connectivity index (χ1) is 17.0. The predicted molar refractivity (Wildman–Crippen MR) is 153 cm³/mol. The third-order valence-corrected chi connectivity index (χ3v) is 6.95. The molecule has 0 spiro atoms. The van der Waals surface area contributed by atoms with E-state index in [4.69, 9.17) is 16.3 Å². The van der Waals surface area contributed by atoms with E-state index in [1.54, 1.807) is 14.0 Å². The van der Waals surface area contributed by atoms with Crippen LogP contribution in [0.5, 0.6) is 5.75 Å². The predicted octanol–water partition coefficient (Wildman–Crippen LogP) is 8.47. The van der Waals surface area contributed by atoms with Crippen molar-refractivity contribution in [1.82, 2.24) is 4.90 Å². The van der Waals surface area contributed by atoms with E-state index in [9.17, 15) is 4.79 Å². The monoisotopic (exact) mass is 507 g/mol. The van der Waals surface area contributed by atoms with Crippen molar-refractivity contribution < 1.29 is 9.53 Å². The number of benzene rings is 3. The zero-order valence-corrected chi connectivity index (χ0v) is 23.8. The second-order valence-corrected chi connectivity index (χ2v) is 10.8. The topological polar surface area (TPSA) is 29.5 Å². The molecule has 3 aromatic carbocycles. The number of Topliss-reactive ketones (excluding diaryl/α,β-unsaturated/α-hetero) is 1. The summed E-state index contributed by atoms with van der Waals surface area (Å²) in [5.41, 5.74) is 6.22. The highest BCUT2D eigenvalue weighted by atomic mass is 35.5. The number of hydrogen-bond donors (Lipinski definition) is 0. The van der Waals surface area contributed by atoms with E-state index in [2.05, 4.69) is 44.7 Å². The Hall–Kier alpha value is -2.62. The van der Waals surface area contributed by atoms with Crippen molar-refractivity contribution in [2.45, 2.75) is 60.9 Å². The molecule has 36 heavy (non-hydrogen) atoms. The molecular formula is C32H42ClNO2. The van der Waals surface area contributed by atoms with Gasteiger partial charge >= 0.3 is 0 Å². The molecule has 0 aromatic heterocycles. The second kappa shape index (κ2) is 14.2. The quantitative estimate of drug-likeness (QED) is 0.331. The van der Waals surface area contributed by atoms with Crippen LogP contribution in [0.15, 0.2) is 66.7 Å². The number of aryl methyl sites for hydroxylation is 3. The lowest BCUT2D eigenvalue weighted by Crippen LogP contribution is -2.36. The summed E-state index contributed by atoms with van der Waals surface area (Å²) in [6.07, 6.45) is 2.58. The number of ether oxygens (including phenoxy) is 1. The third-order valence-electron chi connectivity index (χ3n) is 6.59. The maximum Gasteiger partial charge on any atom is 0.160 e. The Morgan fingerprint density at radius 2 is 1.50 bits per heavy atom. The lowest BCUT2D eigenvalue weighted by Gasteiger charge is -2.37. The van der Waals surface area contributed by atoms with E-state index in [-0.39, 0.29) is 5.78 Å². The molecule has 1 aliphatic heterocycles. The molecule has 0 saturated carbocycles. The number of carbonyl (C=O) groups excluding carboxylic acids is 1. The zero-order valence-electron chi connectivity index (χ0n) is 23.0. The van der Waals surface area contributed by atoms with E-state index < -0.39 is 0 Å². The number of ketones is 1. The number of halogens is 1. The first kappa shape index (κ1) is 29.6. The van der Waals surface area contributed by atoms with Gasteiger partial charge in [0.2, 0.25) is 0 Å². The smallest absolute Gasteiger partial charge is 0.160 e. The number of likely N-dealkylation sites (tertiary alicyclic amines) is 1. The molecule has 1 saturated heterocycles. The summed E-state index contributed by atoms with van der Waals surface area (Å²) >= 11 is 6.24. The lowest BCUT2D eigenvalue weighted by molar-refractivity contribution is 0.101. The molecule has 194 valence electrons. The van der Waals surface area contributed by atoms with Crippen molar-refractivity contribution in [2.24, 2.45) is 5.41 Å². The number of rotatable bonds is 4. The van der Waals surface area contributed by atoms with E-state index in [1.165, 1.54) is 42.6 Å². The second-order valence-electron chi connectivity index (χ2n) is 10.4. The van der Waals surface area contributed by atoms with Crippen LogP contribution in [0.4, 0.5) is 0 Å². The largest absolute Gasteiger partial charge is 0.497 e. The van der Waals surface area contributed by atoms with Crippen LogP contribution in [-0.2, 0) is 6.54 Å². The van der Waals surface area contributed by atoms with Crippen molar-refractivity contribution in [3.63, 3.8) is 0 Å². The molecule has 0 N–H and O–H groups in total. The van der Waals surface area contributed by atoms with Gasteiger partial charge in [-0.2, -0.15) is 0 Å². The Balaban J connectivity index is 0.000000205. The molecule has 4 heteroatoms. The van der Waals surface area contributed by atoms with Gasteiger partial charge in [-0.25, -0.2) is 0 Å². The van der Waals surface area contributed by atoms with Crippen LogP contribution < -0.4 is 4.74 Å². The Morgan fingerprint density at radius 1 is 0.917 bits per heavy atom. The van der Waals surface area contributed by atoms with Crippen LogP contribution >= 0.6 is 11.6 Å². The fourth-order valence-electron chi connectivity index (χ4n) is 4.02. The van der Waals surface area contributed by atoms with Crippen molar-refractivity contribution in [3.05, 3.63) is 99.6 Å². The molecule has 0 aliphatic carbocycles. The normalized spacial score (nSPS) is 14.6. The minimum Gasteiger partial charge on any atom is -0.497 e. The van der Waals surface area contributed by atoms with Crippen LogP contribution in [0, 0.1) is 26.2 Å². The third kappa shape index (κ3) is 10.2. The number of piperidine rings is 1. The molecule has 0 amide bonds. The van der Waals surface area contributed by atoms with Crippen molar-refractivity contribution in [2.75, 3.05) is 20.2 Å². The lowest BCUT2D eigenvalue weighted by atomic mass is 9.82. The number of carbonyl (C=O) groups is 1. The minimum absolute atomic E-state index is 0.137. The van der Waals surface area contributed by atoms with Gasteiger partial charge in [0.05, 0.1) is 7.11 Å². The molecule has 1 heterocycles. The van der Waals surface area contributed by atoms with Gasteiger partial charge in [-0.05, 0) is 88.4 Å². The summed E-state index contributed by atoms with van der Waals surface area (Å²) in [6, 6.07) is 21.9. The number of hydrogen-bond acceptors (Lipinski definition) is 3. The van der Waals surface area contributed by atoms with Gasteiger partial charge in [0.1, 0.15) is 5.75 Å². The Kier molecular flexibility index (Phi) is 11.7. The highest BCUT2D eigenvalue weighted by Crippen LogP contribution is 2.31. The molecular weight excluding hydrogens is 466 g/mol. The van der Waals surface area contributed by atoms with E-state index in [0.717, 1.165) is 28.4 Å². The van der Waals surface area contributed by atoms with Crippen LogP contribution in [0.1, 0.15) is 66.2 Å². The average molecular weight is 508 g/mol. The summed E-state index contributed by atoms with van der Waals surface area (Å²) in [4.78, 5) is 13.4. The fraction of sp³-hybridized carbons (Fsp3) is 0.406. The van der Waals surface area contributed by atoms with Gasteiger partial charge in [-0.15, -0.1) is 0 Å². The number of nitrogens with zero attached hydrogens (tertiary/aromatic N) is 1. The van der Waals surface area contributed by atoms with Crippen LogP contribution in [0.25, 0.3) is 0 Å². The van der Waals surface area contributed by atoms with Crippen molar-refractivity contribution >= 4 is 17.4 Å². The molecule has 0 unspecified atom stereocenters. The Bertz CT molecular complexity index is 1100. The standard InChI is InChI=1S/C15H22ClN.C9H10O.C8H10O/c1-12-4-5-14(16)13(10-12)11-17-8-6-15(2,3)7-9-17;1-7-5-3-4-6-9(7)8(2)10;1-7-3-5-8(9-2)6-4-7/h4-5,10H,6-9,11H2,1-3H3;3-6H,1-2H3;3-6H,1-2H3. The summed E-state index contributed by atoms with van der Waals surface area (Å²) in [7, 11) is 1.67. The van der Waals surface area contributed by atoms with Gasteiger partial charge in [0, 0.05) is 17.1 Å². The number of methoxy groups -OCH3 is 1. The van der Waals surface area contributed by atoms with Crippen molar-refractivity contribution in [3.8, 4) is 5.75 Å². The molecule has 0 bridgehead atoms. The average Bonchev–Trinajstić information content (AvgIpc) is 2.84. The summed E-state index contributed by atoms with van der Waals surface area (Å²) in [6.45, 7) is 15.8. The highest BCUT2D eigenvalue weighted by molar-refractivity contribution is 6.31. The van der Waals surface area contributed by atoms with E-state index in [0.29, 0.717) is 5.41 Å². The molecule has 0 radical (unpaired) electrons. The van der Waals surface area contributed by atoms with Crippen molar-refractivity contribution in [1.29, 1.82) is 0 Å². The molecule has 3 nitrogen and oxygen atoms in total. The summed E-state index contributed by atoms with van der Waals surface area (Å²) in [5, 5.41) is 0.903. The summed E-state index contributed by atoms with van der Waals surface area (Å²) in [5.74, 6) is 1.05. The van der Waals surface area contributed by atoms with Gasteiger partial charge < -0.3 is 4.74 Å². The van der Waals surface area contributed by atoms with Crippen LogP contribution in [-0.4, -0.2) is 30.9 Å². The van der Waals surface area contributed by atoms with Gasteiger partial charge in [0.25, 0.3) is 0 Å². The SMILES string of the molecule is CC(=O)c1ccccc1C.COc1ccc(C)cc1.Cc1ccc(Cl)c(CN2CCC(C)(C)CC2)c1. The van der Waals surface area contributed by atoms with Gasteiger partial charge in [0.15, 0.2) is 5.78 Å². The first-order valence-corrected chi connectivity index (χ1v) is 13.0. The van der Waals surface area contributed by atoms with E-state index >= 15 is 0 Å². The highest BCUT2D eigenvalue weighted by Gasteiger charge is 2.25. The van der Waals surface area contributed by atoms with Crippen LogP contribution in [0.3, 0.4) is 0 Å². The zero-order chi connectivity index (χ0) is 26.7. The Labute approximate surface area is 223 Å².